The summed E-state index contributed by atoms with van der Waals surface area (Å²) in [5, 5.41) is 0. The standard InChI is InChI=1S/C2H5Cl2O4P.H3O4P/c3-2(4)1-8-9(5,6)7;1-5(2,3)4/h2H,1H2,(H2,5,6,7);(H3,1,2,3,4). The van der Waals surface area contributed by atoms with E-state index in [1.165, 1.54) is 0 Å². The SMILES string of the molecule is O=P(O)(O)O.O=P(O)(O)OCC(Cl)Cl. The van der Waals surface area contributed by atoms with Gasteiger partial charge in [0.05, 0.1) is 6.61 Å². The van der Waals surface area contributed by atoms with Crippen LogP contribution in [0.1, 0.15) is 0 Å². The Bertz CT molecular complexity index is 221. The number of hydrogen-bond acceptors (Lipinski definition) is 3. The summed E-state index contributed by atoms with van der Waals surface area (Å²) in [5.41, 5.74) is 0. The molecule has 0 saturated carbocycles. The van der Waals surface area contributed by atoms with Gasteiger partial charge in [0.2, 0.25) is 0 Å². The van der Waals surface area contributed by atoms with Gasteiger partial charge < -0.3 is 24.5 Å². The summed E-state index contributed by atoms with van der Waals surface area (Å²) in [4.78, 5) is 36.7. The monoisotopic (exact) mass is 292 g/mol. The molecular formula is C2H8Cl2O8P2. The zero-order chi connectivity index (χ0) is 12.0. The molecule has 0 atom stereocenters. The minimum Gasteiger partial charge on any atom is -0.303 e. The van der Waals surface area contributed by atoms with Crippen molar-refractivity contribution in [2.45, 2.75) is 4.84 Å². The van der Waals surface area contributed by atoms with Gasteiger partial charge in [-0.1, -0.05) is 0 Å². The van der Waals surface area contributed by atoms with E-state index >= 15 is 0 Å². The molecule has 0 bridgehead atoms. The van der Waals surface area contributed by atoms with Crippen molar-refractivity contribution in [1.82, 2.24) is 0 Å². The highest BCUT2D eigenvalue weighted by Gasteiger charge is 2.14. The maximum absolute atomic E-state index is 9.89. The fourth-order valence-electron chi connectivity index (χ4n) is 0.153. The fraction of sp³-hybridized carbons (Fsp3) is 1.00. The topological polar surface area (TPSA) is 145 Å². The van der Waals surface area contributed by atoms with Gasteiger partial charge in [-0.05, 0) is 0 Å². The number of phosphoric acid groups is 2. The van der Waals surface area contributed by atoms with E-state index < -0.39 is 20.5 Å². The van der Waals surface area contributed by atoms with Crippen LogP contribution in [0.3, 0.4) is 0 Å². The Labute approximate surface area is 88.9 Å². The third-order valence-corrected chi connectivity index (χ3v) is 1.11. The Morgan fingerprint density at radius 3 is 1.43 bits per heavy atom. The summed E-state index contributed by atoms with van der Waals surface area (Å²) in [6.07, 6.45) is 0. The summed E-state index contributed by atoms with van der Waals surface area (Å²) >= 11 is 10.2. The number of rotatable bonds is 3. The molecule has 12 heteroatoms. The van der Waals surface area contributed by atoms with Crippen molar-refractivity contribution in [3.05, 3.63) is 0 Å². The number of alkyl halides is 2. The Hall–Kier alpha value is 0.800. The van der Waals surface area contributed by atoms with Crippen molar-refractivity contribution in [2.24, 2.45) is 0 Å². The Morgan fingerprint density at radius 1 is 1.07 bits per heavy atom. The third kappa shape index (κ3) is 38.5. The van der Waals surface area contributed by atoms with Gasteiger partial charge >= 0.3 is 15.6 Å². The van der Waals surface area contributed by atoms with E-state index in [9.17, 15) is 4.57 Å². The molecule has 0 aliphatic heterocycles. The van der Waals surface area contributed by atoms with Gasteiger partial charge in [0.25, 0.3) is 0 Å². The van der Waals surface area contributed by atoms with Crippen LogP contribution in [0, 0.1) is 0 Å². The van der Waals surface area contributed by atoms with Gasteiger partial charge in [0, 0.05) is 0 Å². The quantitative estimate of drug-likeness (QED) is 0.360. The predicted molar refractivity (Wildman–Crippen MR) is 47.8 cm³/mol. The molecule has 0 heterocycles. The Kier molecular flexibility index (Phi) is 8.77. The van der Waals surface area contributed by atoms with Crippen molar-refractivity contribution >= 4 is 38.8 Å². The first-order chi connectivity index (χ1) is 5.92. The van der Waals surface area contributed by atoms with Crippen molar-refractivity contribution < 1.29 is 38.1 Å². The van der Waals surface area contributed by atoms with Crippen LogP contribution < -0.4 is 0 Å². The average Bonchev–Trinajstić information content (AvgIpc) is 1.77. The lowest BCUT2D eigenvalue weighted by Gasteiger charge is -2.03. The summed E-state index contributed by atoms with van der Waals surface area (Å²) in [6, 6.07) is 0. The van der Waals surface area contributed by atoms with Gasteiger partial charge in [0.1, 0.15) is 4.84 Å². The van der Waals surface area contributed by atoms with E-state index in [1.807, 2.05) is 0 Å². The summed E-state index contributed by atoms with van der Waals surface area (Å²) in [6.45, 7) is -0.368. The van der Waals surface area contributed by atoms with Crippen molar-refractivity contribution in [3.63, 3.8) is 0 Å². The zero-order valence-electron chi connectivity index (χ0n) is 6.40. The summed E-state index contributed by atoms with van der Waals surface area (Å²) in [7, 11) is -9.03. The molecule has 0 amide bonds. The average molecular weight is 293 g/mol. The maximum atomic E-state index is 9.89. The highest BCUT2D eigenvalue weighted by atomic mass is 35.5. The molecule has 0 radical (unpaired) electrons. The van der Waals surface area contributed by atoms with Crippen LogP contribution >= 0.6 is 38.8 Å². The van der Waals surface area contributed by atoms with Crippen molar-refractivity contribution in [2.75, 3.05) is 6.61 Å². The Balaban J connectivity index is 0. The largest absolute Gasteiger partial charge is 0.469 e. The predicted octanol–water partition coefficient (Wildman–Crippen LogP) is -0.0292. The van der Waals surface area contributed by atoms with E-state index in [2.05, 4.69) is 4.52 Å². The van der Waals surface area contributed by atoms with E-state index in [1.54, 1.807) is 0 Å². The summed E-state index contributed by atoms with van der Waals surface area (Å²) in [5.74, 6) is 0. The molecule has 8 nitrogen and oxygen atoms in total. The molecule has 0 fully saturated rings. The molecule has 0 aromatic carbocycles. The number of halogens is 2. The number of hydrogen-bond donors (Lipinski definition) is 5. The van der Waals surface area contributed by atoms with Crippen LogP contribution in [-0.4, -0.2) is 35.9 Å². The van der Waals surface area contributed by atoms with Gasteiger partial charge in [-0.3, -0.25) is 4.52 Å². The molecule has 0 saturated heterocycles. The smallest absolute Gasteiger partial charge is 0.303 e. The summed E-state index contributed by atoms with van der Waals surface area (Å²) < 4.78 is 22.7. The first-order valence-electron chi connectivity index (χ1n) is 2.68. The van der Waals surface area contributed by atoms with Crippen molar-refractivity contribution in [3.8, 4) is 0 Å². The molecule has 0 aromatic heterocycles. The van der Waals surface area contributed by atoms with Crippen molar-refractivity contribution in [1.29, 1.82) is 0 Å². The molecule has 0 unspecified atom stereocenters. The first-order valence-corrected chi connectivity index (χ1v) is 6.65. The van der Waals surface area contributed by atoms with Crippen LogP contribution in [0.25, 0.3) is 0 Å². The second-order valence-electron chi connectivity index (χ2n) is 1.69. The van der Waals surface area contributed by atoms with E-state index in [-0.39, 0.29) is 6.61 Å². The molecule has 0 spiro atoms. The second-order valence-corrected chi connectivity index (χ2v) is 5.23. The first kappa shape index (κ1) is 17.2. The molecule has 0 aliphatic carbocycles. The van der Waals surface area contributed by atoms with E-state index in [4.69, 9.17) is 52.2 Å². The lowest BCUT2D eigenvalue weighted by atomic mass is 10.9. The second kappa shape index (κ2) is 7.14. The molecule has 88 valence electrons. The normalized spacial score (nSPS) is 12.3. The van der Waals surface area contributed by atoms with E-state index in [0.29, 0.717) is 0 Å². The Morgan fingerprint density at radius 2 is 1.36 bits per heavy atom. The van der Waals surface area contributed by atoms with E-state index in [0.717, 1.165) is 0 Å². The van der Waals surface area contributed by atoms with Gasteiger partial charge in [0.15, 0.2) is 0 Å². The van der Waals surface area contributed by atoms with Crippen LogP contribution in [-0.2, 0) is 13.7 Å². The maximum Gasteiger partial charge on any atom is 0.469 e. The van der Waals surface area contributed by atoms with Crippen LogP contribution in [0.5, 0.6) is 0 Å². The molecule has 0 aliphatic rings. The molecule has 0 rings (SSSR count). The van der Waals surface area contributed by atoms with Crippen LogP contribution in [0.15, 0.2) is 0 Å². The highest BCUT2D eigenvalue weighted by molar-refractivity contribution is 7.46. The lowest BCUT2D eigenvalue weighted by molar-refractivity contribution is 0.204. The molecular weight excluding hydrogens is 285 g/mol. The molecule has 0 aromatic rings. The highest BCUT2D eigenvalue weighted by Crippen LogP contribution is 2.36. The molecule has 5 N–H and O–H groups in total. The minimum absolute atomic E-state index is 0.368. The van der Waals surface area contributed by atoms with Crippen LogP contribution in [0.4, 0.5) is 0 Å². The molecule has 14 heavy (non-hydrogen) atoms. The lowest BCUT2D eigenvalue weighted by Crippen LogP contribution is -1.99. The minimum atomic E-state index is -4.64. The number of phosphoric ester groups is 1. The van der Waals surface area contributed by atoms with Gasteiger partial charge in [-0.15, -0.1) is 23.2 Å². The van der Waals surface area contributed by atoms with Gasteiger partial charge in [-0.2, -0.15) is 0 Å². The van der Waals surface area contributed by atoms with Gasteiger partial charge in [-0.25, -0.2) is 9.13 Å². The van der Waals surface area contributed by atoms with Crippen LogP contribution in [0.2, 0.25) is 0 Å². The fourth-order valence-corrected chi connectivity index (χ4v) is 0.798. The third-order valence-electron chi connectivity index (χ3n) is 0.369. The zero-order valence-corrected chi connectivity index (χ0v) is 9.70.